The lowest BCUT2D eigenvalue weighted by Gasteiger charge is -2.14. The Kier molecular flexibility index (Phi) is 5.73. The number of anilines is 1. The van der Waals surface area contributed by atoms with Crippen LogP contribution in [0.25, 0.3) is 0 Å². The fraction of sp³-hybridized carbons (Fsp3) is 0.467. The van der Waals surface area contributed by atoms with Crippen LogP contribution in [0.3, 0.4) is 0 Å². The number of nitro benzene ring substituents is 1. The summed E-state index contributed by atoms with van der Waals surface area (Å²) in [5, 5.41) is 13.3. The van der Waals surface area contributed by atoms with Gasteiger partial charge in [0.05, 0.1) is 16.4 Å². The van der Waals surface area contributed by atoms with E-state index in [1.165, 1.54) is 31.2 Å². The van der Waals surface area contributed by atoms with E-state index >= 15 is 0 Å². The van der Waals surface area contributed by atoms with Gasteiger partial charge in [-0.15, -0.1) is 0 Å². The summed E-state index contributed by atoms with van der Waals surface area (Å²) >= 11 is 0. The number of rotatable bonds is 6. The minimum Gasteiger partial charge on any atom is -0.453 e. The molecule has 1 aromatic rings. The highest BCUT2D eigenvalue weighted by Crippen LogP contribution is 2.24. The van der Waals surface area contributed by atoms with Crippen molar-refractivity contribution in [2.24, 2.45) is 5.92 Å². The molecule has 25 heavy (non-hydrogen) atoms. The maximum Gasteiger partial charge on any atom is 0.306 e. The van der Waals surface area contributed by atoms with Gasteiger partial charge in [0.15, 0.2) is 15.9 Å². The zero-order valence-electron chi connectivity index (χ0n) is 13.5. The molecule has 1 aliphatic rings. The molecule has 2 rings (SSSR count). The summed E-state index contributed by atoms with van der Waals surface area (Å²) in [7, 11) is -3.09. The molecule has 1 aliphatic heterocycles. The first-order valence-corrected chi connectivity index (χ1v) is 9.44. The van der Waals surface area contributed by atoms with E-state index in [0.717, 1.165) is 0 Å². The highest BCUT2D eigenvalue weighted by Gasteiger charge is 2.31. The molecule has 1 aromatic carbocycles. The quantitative estimate of drug-likeness (QED) is 0.453. The number of carbonyl (C=O) groups is 2. The van der Waals surface area contributed by atoms with Crippen LogP contribution in [0.4, 0.5) is 11.4 Å². The maximum atomic E-state index is 12.1. The number of ether oxygens (including phenoxy) is 1. The molecule has 0 aliphatic carbocycles. The second-order valence-electron chi connectivity index (χ2n) is 5.87. The summed E-state index contributed by atoms with van der Waals surface area (Å²) in [5.74, 6) is -1.69. The molecule has 0 bridgehead atoms. The summed E-state index contributed by atoms with van der Waals surface area (Å²) < 4.78 is 27.7. The molecule has 1 heterocycles. The average Bonchev–Trinajstić information content (AvgIpc) is 2.86. The Morgan fingerprint density at radius 2 is 2.08 bits per heavy atom. The topological polar surface area (TPSA) is 133 Å². The second-order valence-corrected chi connectivity index (χ2v) is 8.10. The van der Waals surface area contributed by atoms with Gasteiger partial charge < -0.3 is 10.1 Å². The summed E-state index contributed by atoms with van der Waals surface area (Å²) in [5.41, 5.74) is -0.271. The van der Waals surface area contributed by atoms with E-state index in [2.05, 4.69) is 5.32 Å². The molecule has 0 aromatic heterocycles. The van der Waals surface area contributed by atoms with Crippen LogP contribution in [0.2, 0.25) is 0 Å². The van der Waals surface area contributed by atoms with Crippen LogP contribution in [-0.4, -0.2) is 42.8 Å². The highest BCUT2D eigenvalue weighted by atomic mass is 32.2. The van der Waals surface area contributed by atoms with Crippen LogP contribution in [0, 0.1) is 16.0 Å². The van der Waals surface area contributed by atoms with Gasteiger partial charge in [0.1, 0.15) is 5.69 Å². The average molecular weight is 370 g/mol. The van der Waals surface area contributed by atoms with Crippen LogP contribution < -0.4 is 5.32 Å². The van der Waals surface area contributed by atoms with Crippen molar-refractivity contribution in [3.63, 3.8) is 0 Å². The van der Waals surface area contributed by atoms with Crippen molar-refractivity contribution < 1.29 is 27.7 Å². The number of para-hydroxylation sites is 2. The van der Waals surface area contributed by atoms with Gasteiger partial charge in [-0.3, -0.25) is 19.7 Å². The molecule has 0 spiro atoms. The van der Waals surface area contributed by atoms with Crippen molar-refractivity contribution in [2.45, 2.75) is 25.9 Å². The minimum absolute atomic E-state index is 0.00212. The molecule has 1 fully saturated rings. The zero-order valence-corrected chi connectivity index (χ0v) is 14.3. The Bertz CT molecular complexity index is 791. The van der Waals surface area contributed by atoms with Crippen LogP contribution in [0.15, 0.2) is 24.3 Å². The number of benzene rings is 1. The molecule has 136 valence electrons. The van der Waals surface area contributed by atoms with E-state index < -0.39 is 32.7 Å². The zero-order chi connectivity index (χ0) is 18.6. The minimum atomic E-state index is -3.09. The molecular weight excluding hydrogens is 352 g/mol. The van der Waals surface area contributed by atoms with Crippen molar-refractivity contribution >= 4 is 33.1 Å². The van der Waals surface area contributed by atoms with Crippen LogP contribution >= 0.6 is 0 Å². The normalized spacial score (nSPS) is 19.8. The molecule has 2 atom stereocenters. The van der Waals surface area contributed by atoms with Crippen LogP contribution in [-0.2, 0) is 24.2 Å². The van der Waals surface area contributed by atoms with Gasteiger partial charge in [-0.2, -0.15) is 0 Å². The summed E-state index contributed by atoms with van der Waals surface area (Å²) in [4.78, 5) is 34.2. The van der Waals surface area contributed by atoms with E-state index in [9.17, 15) is 28.1 Å². The van der Waals surface area contributed by atoms with E-state index in [4.69, 9.17) is 4.74 Å². The van der Waals surface area contributed by atoms with Crippen molar-refractivity contribution in [1.82, 2.24) is 0 Å². The summed E-state index contributed by atoms with van der Waals surface area (Å²) in [6, 6.07) is 5.60. The van der Waals surface area contributed by atoms with Gasteiger partial charge in [-0.1, -0.05) is 12.1 Å². The van der Waals surface area contributed by atoms with E-state index in [1.54, 1.807) is 0 Å². The molecule has 10 heteroatoms. The molecule has 0 radical (unpaired) electrons. The predicted octanol–water partition coefficient (Wildman–Crippen LogP) is 1.29. The maximum absolute atomic E-state index is 12.1. The number of sulfone groups is 1. The largest absolute Gasteiger partial charge is 0.453 e. The summed E-state index contributed by atoms with van der Waals surface area (Å²) in [6.45, 7) is 1.34. The van der Waals surface area contributed by atoms with E-state index in [-0.39, 0.29) is 35.2 Å². The Labute approximate surface area is 144 Å². The lowest BCUT2D eigenvalue weighted by atomic mass is 10.1. The third-order valence-corrected chi connectivity index (χ3v) is 5.66. The Hall–Kier alpha value is -2.49. The Balaban J connectivity index is 1.90. The number of hydrogen-bond donors (Lipinski definition) is 1. The molecule has 0 unspecified atom stereocenters. The number of hydrogen-bond acceptors (Lipinski definition) is 7. The monoisotopic (exact) mass is 370 g/mol. The molecule has 0 saturated carbocycles. The fourth-order valence-corrected chi connectivity index (χ4v) is 4.40. The van der Waals surface area contributed by atoms with Gasteiger partial charge in [0.2, 0.25) is 0 Å². The number of amides is 1. The number of nitrogens with zero attached hydrogens (tertiary/aromatic N) is 1. The van der Waals surface area contributed by atoms with Crippen LogP contribution in [0.1, 0.15) is 19.8 Å². The molecule has 1 N–H and O–H groups in total. The lowest BCUT2D eigenvalue weighted by molar-refractivity contribution is -0.383. The van der Waals surface area contributed by atoms with Gasteiger partial charge in [0, 0.05) is 12.5 Å². The standard InChI is InChI=1S/C15H18N2O7S/c1-10(24-14(18)8-11-6-7-25(22,23)9-11)15(19)16-12-4-2-3-5-13(12)17(20)21/h2-5,10-11H,6-9H2,1H3,(H,16,19)/t10-,11-/m0/s1. The third-order valence-electron chi connectivity index (χ3n) is 3.82. The first-order valence-electron chi connectivity index (χ1n) is 7.62. The molecule has 1 saturated heterocycles. The number of carbonyl (C=O) groups excluding carboxylic acids is 2. The summed E-state index contributed by atoms with van der Waals surface area (Å²) in [6.07, 6.45) is -0.846. The fourth-order valence-electron chi connectivity index (χ4n) is 2.54. The molecule has 1 amide bonds. The SMILES string of the molecule is C[C@H](OC(=O)C[C@@H]1CCS(=O)(=O)C1)C(=O)Nc1ccccc1[N+](=O)[O-]. The number of nitro groups is 1. The van der Waals surface area contributed by atoms with E-state index in [1.807, 2.05) is 0 Å². The van der Waals surface area contributed by atoms with Crippen molar-refractivity contribution in [1.29, 1.82) is 0 Å². The Morgan fingerprint density at radius 1 is 1.40 bits per heavy atom. The van der Waals surface area contributed by atoms with Crippen molar-refractivity contribution in [3.05, 3.63) is 34.4 Å². The number of esters is 1. The number of nitrogens with one attached hydrogen (secondary N) is 1. The first-order chi connectivity index (χ1) is 11.7. The van der Waals surface area contributed by atoms with Gasteiger partial charge in [-0.25, -0.2) is 8.42 Å². The third kappa shape index (κ3) is 5.24. The Morgan fingerprint density at radius 3 is 2.68 bits per heavy atom. The van der Waals surface area contributed by atoms with Gasteiger partial charge in [-0.05, 0) is 25.3 Å². The van der Waals surface area contributed by atoms with Crippen LogP contribution in [0.5, 0.6) is 0 Å². The highest BCUT2D eigenvalue weighted by molar-refractivity contribution is 7.91. The lowest BCUT2D eigenvalue weighted by Crippen LogP contribution is -2.30. The van der Waals surface area contributed by atoms with E-state index in [0.29, 0.717) is 6.42 Å². The predicted molar refractivity (Wildman–Crippen MR) is 88.7 cm³/mol. The second kappa shape index (κ2) is 7.60. The van der Waals surface area contributed by atoms with Crippen molar-refractivity contribution in [3.8, 4) is 0 Å². The molecular formula is C15H18N2O7S. The van der Waals surface area contributed by atoms with Gasteiger partial charge >= 0.3 is 5.97 Å². The van der Waals surface area contributed by atoms with Crippen molar-refractivity contribution in [2.75, 3.05) is 16.8 Å². The molecule has 9 nitrogen and oxygen atoms in total. The smallest absolute Gasteiger partial charge is 0.306 e. The first kappa shape index (κ1) is 18.8. The van der Waals surface area contributed by atoms with Gasteiger partial charge in [0.25, 0.3) is 11.6 Å².